The van der Waals surface area contributed by atoms with E-state index in [1.54, 1.807) is 0 Å². The van der Waals surface area contributed by atoms with Crippen molar-refractivity contribution in [2.24, 2.45) is 0 Å². The molecule has 0 bridgehead atoms. The van der Waals surface area contributed by atoms with Crippen LogP contribution >= 0.6 is 12.4 Å². The molecule has 0 aromatic heterocycles. The van der Waals surface area contributed by atoms with Crippen LogP contribution in [0.3, 0.4) is 0 Å². The zero-order valence-corrected chi connectivity index (χ0v) is 20.1. The zero-order chi connectivity index (χ0) is 20.2. The van der Waals surface area contributed by atoms with Crippen LogP contribution in [-0.4, -0.2) is 38.1 Å². The molecule has 3 nitrogen and oxygen atoms in total. The van der Waals surface area contributed by atoms with Crippen molar-refractivity contribution in [1.82, 2.24) is 4.90 Å². The molecule has 0 rings (SSSR count). The number of ether oxygens (including phenoxy) is 1. The van der Waals surface area contributed by atoms with E-state index in [0.29, 0.717) is 6.61 Å². The van der Waals surface area contributed by atoms with Gasteiger partial charge in [0.15, 0.2) is 0 Å². The normalized spacial score (nSPS) is 11.5. The first-order valence-electron chi connectivity index (χ1n) is 11.6. The topological polar surface area (TPSA) is 29.5 Å². The van der Waals surface area contributed by atoms with Crippen molar-refractivity contribution in [2.45, 2.75) is 110 Å². The van der Waals surface area contributed by atoms with E-state index in [4.69, 9.17) is 4.74 Å². The van der Waals surface area contributed by atoms with Crippen molar-refractivity contribution in [3.05, 3.63) is 11.6 Å². The lowest BCUT2D eigenvalue weighted by atomic mass is 10.0. The number of hydrogen-bond donors (Lipinski definition) is 0. The van der Waals surface area contributed by atoms with Crippen LogP contribution in [-0.2, 0) is 9.53 Å². The van der Waals surface area contributed by atoms with Gasteiger partial charge in [0.2, 0.25) is 0 Å². The van der Waals surface area contributed by atoms with E-state index in [1.165, 1.54) is 83.5 Å². The molecule has 0 aliphatic heterocycles. The lowest BCUT2D eigenvalue weighted by Crippen LogP contribution is -2.13. The van der Waals surface area contributed by atoms with Crippen LogP contribution in [0, 0.1) is 0 Å². The van der Waals surface area contributed by atoms with Crippen molar-refractivity contribution in [3.8, 4) is 0 Å². The molecule has 0 atom stereocenters. The lowest BCUT2D eigenvalue weighted by molar-refractivity contribution is -0.139. The first-order chi connectivity index (χ1) is 13.1. The highest BCUT2D eigenvalue weighted by Gasteiger charge is 2.04. The number of esters is 1. The van der Waals surface area contributed by atoms with E-state index in [-0.39, 0.29) is 18.4 Å². The number of halogens is 1. The summed E-state index contributed by atoms with van der Waals surface area (Å²) in [5, 5.41) is 0. The fraction of sp³-hybridized carbons (Fsp3) is 0.875. The Kier molecular flexibility index (Phi) is 24.1. The summed E-state index contributed by atoms with van der Waals surface area (Å²) >= 11 is 0. The number of unbranched alkanes of at least 4 members (excludes halogenated alkanes) is 13. The lowest BCUT2D eigenvalue weighted by Gasteiger charge is -2.08. The van der Waals surface area contributed by atoms with Crippen molar-refractivity contribution >= 4 is 18.4 Å². The molecule has 0 aromatic carbocycles. The molecule has 0 saturated carbocycles. The number of hydrogen-bond acceptors (Lipinski definition) is 3. The van der Waals surface area contributed by atoms with Gasteiger partial charge in [0.05, 0.1) is 6.61 Å². The Balaban J connectivity index is 0. The summed E-state index contributed by atoms with van der Waals surface area (Å²) in [6.45, 7) is 5.65. The molecule has 168 valence electrons. The summed E-state index contributed by atoms with van der Waals surface area (Å²) < 4.78 is 5.35. The van der Waals surface area contributed by atoms with Crippen LogP contribution in [0.5, 0.6) is 0 Å². The standard InChI is InChI=1S/C24H47NO2.ClH/c1-5-6-7-8-9-10-11-12-13-14-15-16-17-18-22-27-24(26)23(2)20-19-21-25(3)4;/h20H,5-19,21-22H2,1-4H3;1H. The van der Waals surface area contributed by atoms with Crippen LogP contribution < -0.4 is 0 Å². The van der Waals surface area contributed by atoms with E-state index in [2.05, 4.69) is 11.8 Å². The van der Waals surface area contributed by atoms with Crippen molar-refractivity contribution < 1.29 is 9.53 Å². The summed E-state index contributed by atoms with van der Waals surface area (Å²) in [4.78, 5) is 14.0. The Morgan fingerprint density at radius 2 is 1.21 bits per heavy atom. The minimum absolute atomic E-state index is 0. The third kappa shape index (κ3) is 21.8. The van der Waals surface area contributed by atoms with Gasteiger partial charge in [0.25, 0.3) is 0 Å². The van der Waals surface area contributed by atoms with Gasteiger partial charge in [-0.1, -0.05) is 96.5 Å². The maximum absolute atomic E-state index is 11.8. The van der Waals surface area contributed by atoms with E-state index < -0.39 is 0 Å². The Morgan fingerprint density at radius 3 is 1.64 bits per heavy atom. The molecule has 0 N–H and O–H groups in total. The van der Waals surface area contributed by atoms with Crippen molar-refractivity contribution in [3.63, 3.8) is 0 Å². The van der Waals surface area contributed by atoms with Gasteiger partial charge in [-0.25, -0.2) is 4.79 Å². The Bertz CT molecular complexity index is 370. The highest BCUT2D eigenvalue weighted by molar-refractivity contribution is 5.87. The fourth-order valence-corrected chi connectivity index (χ4v) is 3.20. The molecule has 0 unspecified atom stereocenters. The largest absolute Gasteiger partial charge is 0.462 e. The molecular weight excluding hydrogens is 370 g/mol. The minimum atomic E-state index is -0.150. The van der Waals surface area contributed by atoms with Crippen molar-refractivity contribution in [1.29, 1.82) is 0 Å². The average Bonchev–Trinajstić information content (AvgIpc) is 2.64. The highest BCUT2D eigenvalue weighted by Crippen LogP contribution is 2.13. The third-order valence-corrected chi connectivity index (χ3v) is 5.08. The summed E-state index contributed by atoms with van der Waals surface area (Å²) in [5.41, 5.74) is 0.738. The van der Waals surface area contributed by atoms with Gasteiger partial charge < -0.3 is 9.64 Å². The second-order valence-electron chi connectivity index (χ2n) is 8.21. The Morgan fingerprint density at radius 1 is 0.786 bits per heavy atom. The highest BCUT2D eigenvalue weighted by atomic mass is 35.5. The van der Waals surface area contributed by atoms with Gasteiger partial charge in [-0.05, 0) is 33.9 Å². The van der Waals surface area contributed by atoms with Gasteiger partial charge in [-0.3, -0.25) is 0 Å². The molecule has 0 heterocycles. The summed E-state index contributed by atoms with van der Waals surface area (Å²) in [7, 11) is 4.08. The first kappa shape index (κ1) is 29.7. The maximum atomic E-state index is 11.8. The summed E-state index contributed by atoms with van der Waals surface area (Å²) in [5.74, 6) is -0.150. The number of carbonyl (C=O) groups excluding carboxylic acids is 1. The predicted molar refractivity (Wildman–Crippen MR) is 125 cm³/mol. The number of carbonyl (C=O) groups is 1. The SMILES string of the molecule is CCCCCCCCCCCCCCCCOC(=O)C(C)=CCCN(C)C.Cl. The Hall–Kier alpha value is -0.540. The minimum Gasteiger partial charge on any atom is -0.462 e. The Labute approximate surface area is 182 Å². The van der Waals surface area contributed by atoms with E-state index >= 15 is 0 Å². The molecule has 0 radical (unpaired) electrons. The zero-order valence-electron chi connectivity index (χ0n) is 19.3. The first-order valence-corrected chi connectivity index (χ1v) is 11.6. The van der Waals surface area contributed by atoms with E-state index in [9.17, 15) is 4.79 Å². The van der Waals surface area contributed by atoms with Crippen LogP contribution in [0.1, 0.15) is 110 Å². The second-order valence-corrected chi connectivity index (χ2v) is 8.21. The molecule has 0 aromatic rings. The van der Waals surface area contributed by atoms with Gasteiger partial charge in [0.1, 0.15) is 0 Å². The smallest absolute Gasteiger partial charge is 0.333 e. The molecule has 0 amide bonds. The number of rotatable bonds is 19. The van der Waals surface area contributed by atoms with Crippen LogP contribution in [0.15, 0.2) is 11.6 Å². The summed E-state index contributed by atoms with van der Waals surface area (Å²) in [6.07, 6.45) is 21.7. The van der Waals surface area contributed by atoms with Gasteiger partial charge in [0, 0.05) is 12.1 Å². The monoisotopic (exact) mass is 417 g/mol. The summed E-state index contributed by atoms with van der Waals surface area (Å²) in [6, 6.07) is 0. The molecule has 0 saturated heterocycles. The van der Waals surface area contributed by atoms with E-state index in [1.807, 2.05) is 27.1 Å². The molecule has 28 heavy (non-hydrogen) atoms. The molecule has 0 aliphatic carbocycles. The number of nitrogens with zero attached hydrogens (tertiary/aromatic N) is 1. The van der Waals surface area contributed by atoms with Gasteiger partial charge in [-0.2, -0.15) is 0 Å². The fourth-order valence-electron chi connectivity index (χ4n) is 3.20. The molecule has 0 aliphatic rings. The second kappa shape index (κ2) is 22.7. The van der Waals surface area contributed by atoms with Gasteiger partial charge in [-0.15, -0.1) is 12.4 Å². The predicted octanol–water partition coefficient (Wildman–Crippen LogP) is 7.33. The molecular formula is C24H48ClNO2. The van der Waals surface area contributed by atoms with Crippen LogP contribution in [0.25, 0.3) is 0 Å². The third-order valence-electron chi connectivity index (χ3n) is 5.08. The van der Waals surface area contributed by atoms with Crippen LogP contribution in [0.2, 0.25) is 0 Å². The van der Waals surface area contributed by atoms with E-state index in [0.717, 1.165) is 25.0 Å². The van der Waals surface area contributed by atoms with Gasteiger partial charge >= 0.3 is 5.97 Å². The quantitative estimate of drug-likeness (QED) is 0.125. The molecule has 4 heteroatoms. The van der Waals surface area contributed by atoms with Crippen molar-refractivity contribution in [2.75, 3.05) is 27.2 Å². The van der Waals surface area contributed by atoms with Crippen LogP contribution in [0.4, 0.5) is 0 Å². The molecule has 0 fully saturated rings. The molecule has 0 spiro atoms. The average molecular weight is 418 g/mol. The maximum Gasteiger partial charge on any atom is 0.333 e.